The van der Waals surface area contributed by atoms with Crippen molar-refractivity contribution < 1.29 is 4.42 Å². The summed E-state index contributed by atoms with van der Waals surface area (Å²) in [5, 5.41) is 9.80. The topological polar surface area (TPSA) is 13.1 Å². The zero-order valence-electron chi connectivity index (χ0n) is 24.6. The largest absolute Gasteiger partial charge is 0.456 e. The van der Waals surface area contributed by atoms with Gasteiger partial charge in [0.05, 0.1) is 0 Å². The quantitative estimate of drug-likeness (QED) is 0.204. The van der Waals surface area contributed by atoms with E-state index in [-0.39, 0.29) is 0 Å². The average molecular weight is 573 g/mol. The van der Waals surface area contributed by atoms with Crippen LogP contribution >= 0.6 is 0 Å². The minimum atomic E-state index is 0.869. The van der Waals surface area contributed by atoms with Gasteiger partial charge in [0, 0.05) is 11.1 Å². The fourth-order valence-corrected chi connectivity index (χ4v) is 6.87. The van der Waals surface area contributed by atoms with Crippen molar-refractivity contribution in [1.29, 1.82) is 0 Å². The van der Waals surface area contributed by atoms with Gasteiger partial charge in [-0.05, 0) is 102 Å². The van der Waals surface area contributed by atoms with Gasteiger partial charge < -0.3 is 4.42 Å². The van der Waals surface area contributed by atoms with Crippen LogP contribution in [0.15, 0.2) is 174 Å². The number of furan rings is 1. The third kappa shape index (κ3) is 4.32. The SMILES string of the molecule is c1ccc2cc(-c3ccc(-c4ccc(-c5ccc(-c6ccc7ccccc7c6)c6ccccc56)o4)c4ccccc34)ccc2c1. The molecule has 9 rings (SSSR count). The van der Waals surface area contributed by atoms with E-state index in [2.05, 4.69) is 170 Å². The lowest BCUT2D eigenvalue weighted by Crippen LogP contribution is -1.86. The molecule has 1 aromatic heterocycles. The number of hydrogen-bond acceptors (Lipinski definition) is 1. The molecule has 0 radical (unpaired) electrons. The molecular weight excluding hydrogens is 544 g/mol. The first-order valence-corrected chi connectivity index (χ1v) is 15.4. The lowest BCUT2D eigenvalue weighted by molar-refractivity contribution is 0.598. The van der Waals surface area contributed by atoms with Crippen LogP contribution in [0.1, 0.15) is 0 Å². The van der Waals surface area contributed by atoms with Crippen LogP contribution in [0.5, 0.6) is 0 Å². The van der Waals surface area contributed by atoms with Crippen molar-refractivity contribution in [2.24, 2.45) is 0 Å². The second-order valence-corrected chi connectivity index (χ2v) is 11.7. The molecule has 9 aromatic rings. The first-order valence-electron chi connectivity index (χ1n) is 15.4. The van der Waals surface area contributed by atoms with Gasteiger partial charge in [-0.1, -0.05) is 133 Å². The van der Waals surface area contributed by atoms with Crippen molar-refractivity contribution in [3.8, 4) is 44.9 Å². The molecule has 0 fully saturated rings. The zero-order chi connectivity index (χ0) is 29.7. The van der Waals surface area contributed by atoms with Gasteiger partial charge in [-0.25, -0.2) is 0 Å². The number of rotatable bonds is 4. The maximum atomic E-state index is 6.68. The van der Waals surface area contributed by atoms with E-state index >= 15 is 0 Å². The van der Waals surface area contributed by atoms with Gasteiger partial charge in [0.2, 0.25) is 0 Å². The molecular formula is C44H28O. The average Bonchev–Trinajstić information content (AvgIpc) is 3.60. The Hall–Kier alpha value is -5.92. The molecule has 0 aliphatic carbocycles. The van der Waals surface area contributed by atoms with E-state index in [1.54, 1.807) is 0 Å². The highest BCUT2D eigenvalue weighted by molar-refractivity contribution is 6.07. The van der Waals surface area contributed by atoms with Gasteiger partial charge in [-0.2, -0.15) is 0 Å². The van der Waals surface area contributed by atoms with E-state index in [0.717, 1.165) is 22.6 Å². The number of fused-ring (bicyclic) bond motifs is 4. The van der Waals surface area contributed by atoms with Crippen LogP contribution < -0.4 is 0 Å². The van der Waals surface area contributed by atoms with Crippen molar-refractivity contribution >= 4 is 43.1 Å². The summed E-state index contributed by atoms with van der Waals surface area (Å²) in [6, 6.07) is 60.9. The summed E-state index contributed by atoms with van der Waals surface area (Å²) in [5.74, 6) is 1.74. The van der Waals surface area contributed by atoms with Crippen LogP contribution in [0.2, 0.25) is 0 Å². The van der Waals surface area contributed by atoms with E-state index in [9.17, 15) is 0 Å². The summed E-state index contributed by atoms with van der Waals surface area (Å²) < 4.78 is 6.68. The third-order valence-electron chi connectivity index (χ3n) is 9.11. The van der Waals surface area contributed by atoms with Crippen LogP contribution in [0.3, 0.4) is 0 Å². The van der Waals surface area contributed by atoms with Gasteiger partial charge in [0.25, 0.3) is 0 Å². The summed E-state index contributed by atoms with van der Waals surface area (Å²) in [5.41, 5.74) is 7.07. The molecule has 0 unspecified atom stereocenters. The maximum Gasteiger partial charge on any atom is 0.135 e. The van der Waals surface area contributed by atoms with Crippen molar-refractivity contribution in [2.75, 3.05) is 0 Å². The molecule has 45 heavy (non-hydrogen) atoms. The van der Waals surface area contributed by atoms with Crippen molar-refractivity contribution in [3.63, 3.8) is 0 Å². The summed E-state index contributed by atoms with van der Waals surface area (Å²) in [6.45, 7) is 0. The Bertz CT molecular complexity index is 2370. The van der Waals surface area contributed by atoms with Gasteiger partial charge in [-0.15, -0.1) is 0 Å². The molecule has 0 atom stereocenters. The minimum Gasteiger partial charge on any atom is -0.456 e. The molecule has 1 heterocycles. The molecule has 8 aromatic carbocycles. The van der Waals surface area contributed by atoms with Gasteiger partial charge in [0.15, 0.2) is 0 Å². The number of benzene rings is 8. The van der Waals surface area contributed by atoms with Gasteiger partial charge in [0.1, 0.15) is 11.5 Å². The maximum absolute atomic E-state index is 6.68. The molecule has 0 amide bonds. The monoisotopic (exact) mass is 572 g/mol. The van der Waals surface area contributed by atoms with Crippen LogP contribution in [-0.4, -0.2) is 0 Å². The molecule has 0 saturated heterocycles. The Labute approximate surface area is 261 Å². The van der Waals surface area contributed by atoms with Crippen molar-refractivity contribution in [2.45, 2.75) is 0 Å². The Morgan fingerprint density at radius 2 is 0.622 bits per heavy atom. The summed E-state index contributed by atoms with van der Waals surface area (Å²) in [6.07, 6.45) is 0. The first kappa shape index (κ1) is 25.6. The summed E-state index contributed by atoms with van der Waals surface area (Å²) in [7, 11) is 0. The highest BCUT2D eigenvalue weighted by Crippen LogP contribution is 2.41. The molecule has 0 aliphatic heterocycles. The standard InChI is InChI=1S/C44H28O/c1-3-11-31-27-33(19-17-29(31)9-1)35-21-23-41(39-15-7-5-13-37(35)39)43-25-26-44(45-43)42-24-22-36(38-14-6-8-16-40(38)42)34-20-18-30-10-2-4-12-32(30)28-34/h1-28H. The molecule has 1 nitrogen and oxygen atoms in total. The van der Waals surface area contributed by atoms with Gasteiger partial charge in [-0.3, -0.25) is 0 Å². The highest BCUT2D eigenvalue weighted by atomic mass is 16.3. The Balaban J connectivity index is 1.14. The normalized spacial score (nSPS) is 11.6. The molecule has 0 spiro atoms. The van der Waals surface area contributed by atoms with Crippen LogP contribution in [0.4, 0.5) is 0 Å². The lowest BCUT2D eigenvalue weighted by Gasteiger charge is -2.12. The second kappa shape index (κ2) is 10.4. The third-order valence-corrected chi connectivity index (χ3v) is 9.11. The van der Waals surface area contributed by atoms with Crippen LogP contribution in [0, 0.1) is 0 Å². The number of hydrogen-bond donors (Lipinski definition) is 0. The molecule has 0 saturated carbocycles. The van der Waals surface area contributed by atoms with Crippen molar-refractivity contribution in [3.05, 3.63) is 170 Å². The van der Waals surface area contributed by atoms with E-state index in [1.807, 2.05) is 0 Å². The van der Waals surface area contributed by atoms with Crippen LogP contribution in [0.25, 0.3) is 88.0 Å². The van der Waals surface area contributed by atoms with Gasteiger partial charge >= 0.3 is 0 Å². The second-order valence-electron chi connectivity index (χ2n) is 11.7. The van der Waals surface area contributed by atoms with E-state index in [1.165, 1.54) is 65.3 Å². The van der Waals surface area contributed by atoms with E-state index in [4.69, 9.17) is 4.42 Å². The molecule has 1 heteroatoms. The van der Waals surface area contributed by atoms with E-state index in [0.29, 0.717) is 0 Å². The molecule has 0 aliphatic rings. The molecule has 210 valence electrons. The zero-order valence-corrected chi connectivity index (χ0v) is 24.6. The Morgan fingerprint density at radius 1 is 0.267 bits per heavy atom. The highest BCUT2D eigenvalue weighted by Gasteiger charge is 2.16. The van der Waals surface area contributed by atoms with Crippen LogP contribution in [-0.2, 0) is 0 Å². The summed E-state index contributed by atoms with van der Waals surface area (Å²) >= 11 is 0. The lowest BCUT2D eigenvalue weighted by atomic mass is 9.93. The fourth-order valence-electron chi connectivity index (χ4n) is 6.87. The fraction of sp³-hybridized carbons (Fsp3) is 0. The predicted octanol–water partition coefficient (Wildman–Crippen LogP) is 12.6. The minimum absolute atomic E-state index is 0.869. The Morgan fingerprint density at radius 3 is 1.07 bits per heavy atom. The summed E-state index contributed by atoms with van der Waals surface area (Å²) in [4.78, 5) is 0. The van der Waals surface area contributed by atoms with Crippen molar-refractivity contribution in [1.82, 2.24) is 0 Å². The Kier molecular flexibility index (Phi) is 5.89. The molecule has 0 N–H and O–H groups in total. The first-order chi connectivity index (χ1) is 22.3. The molecule has 0 bridgehead atoms. The predicted molar refractivity (Wildman–Crippen MR) is 190 cm³/mol. The van der Waals surface area contributed by atoms with E-state index < -0.39 is 0 Å². The smallest absolute Gasteiger partial charge is 0.135 e.